The average molecular weight is 705 g/mol. The third kappa shape index (κ3) is 10.5. The number of rotatable bonds is 6. The lowest BCUT2D eigenvalue weighted by molar-refractivity contribution is -0.141. The minimum atomic E-state index is -4.62. The van der Waals surface area contributed by atoms with Crippen LogP contribution < -0.4 is 16.4 Å². The lowest BCUT2D eigenvalue weighted by atomic mass is 9.85. The number of primary amides is 1. The number of carbonyl (C=O) groups is 4. The van der Waals surface area contributed by atoms with Gasteiger partial charge < -0.3 is 35.7 Å². The van der Waals surface area contributed by atoms with Crippen LogP contribution in [-0.2, 0) is 41.3 Å². The van der Waals surface area contributed by atoms with E-state index in [1.807, 2.05) is 0 Å². The quantitative estimate of drug-likeness (QED) is 0.250. The van der Waals surface area contributed by atoms with Crippen molar-refractivity contribution in [3.8, 4) is 0 Å². The van der Waals surface area contributed by atoms with Crippen LogP contribution in [0.4, 0.5) is 18.0 Å². The molecule has 50 heavy (non-hydrogen) atoms. The van der Waals surface area contributed by atoms with Gasteiger partial charge in [-0.2, -0.15) is 13.2 Å². The summed E-state index contributed by atoms with van der Waals surface area (Å²) in [5.74, 6) is -2.83. The maximum Gasteiger partial charge on any atom is 0.433 e. The molecule has 0 radical (unpaired) electrons. The summed E-state index contributed by atoms with van der Waals surface area (Å²) in [7, 11) is 2.82. The molecule has 1 aliphatic heterocycles. The summed E-state index contributed by atoms with van der Waals surface area (Å²) in [5.41, 5.74) is 4.99. The van der Waals surface area contributed by atoms with Crippen LogP contribution in [-0.4, -0.2) is 72.3 Å². The number of aliphatic hydroxyl groups is 1. The molecule has 6 atom stereocenters. The van der Waals surface area contributed by atoms with Crippen LogP contribution in [0.1, 0.15) is 51.8 Å². The molecule has 0 saturated carbocycles. The molecule has 1 aliphatic carbocycles. The van der Waals surface area contributed by atoms with Crippen molar-refractivity contribution in [2.75, 3.05) is 14.2 Å². The Balaban J connectivity index is 2.04. The lowest BCUT2D eigenvalue weighted by Crippen LogP contribution is -2.37. The molecule has 1 aromatic heterocycles. The smallest absolute Gasteiger partial charge is 0.433 e. The second-order valence-electron chi connectivity index (χ2n) is 12.3. The molecule has 0 spiro atoms. The number of nitrogens with two attached hydrogens (primary N) is 1. The maximum absolute atomic E-state index is 13.8. The second-order valence-corrected chi connectivity index (χ2v) is 12.3. The summed E-state index contributed by atoms with van der Waals surface area (Å²) in [6.45, 7) is 6.60. The predicted octanol–water partition coefficient (Wildman–Crippen LogP) is 3.97. The molecule has 2 heterocycles. The Morgan fingerprint density at radius 2 is 1.84 bits per heavy atom. The van der Waals surface area contributed by atoms with Gasteiger partial charge in [0.2, 0.25) is 11.6 Å². The number of carbonyl (C=O) groups excluding carboxylic acids is 4. The van der Waals surface area contributed by atoms with Gasteiger partial charge in [0.1, 0.15) is 11.8 Å². The molecular weight excluding hydrogens is 661 g/mol. The van der Waals surface area contributed by atoms with E-state index in [0.29, 0.717) is 11.1 Å². The van der Waals surface area contributed by atoms with Crippen molar-refractivity contribution in [2.24, 2.45) is 17.6 Å². The molecule has 3 rings (SSSR count). The number of methoxy groups -OCH3 is 2. The fourth-order valence-electron chi connectivity index (χ4n) is 5.67. The highest BCUT2D eigenvalue weighted by Gasteiger charge is 2.34. The first-order chi connectivity index (χ1) is 23.5. The molecule has 0 aromatic carbocycles. The van der Waals surface area contributed by atoms with Crippen LogP contribution >= 0.6 is 0 Å². The van der Waals surface area contributed by atoms with Crippen LogP contribution in [0, 0.1) is 11.8 Å². The van der Waals surface area contributed by atoms with Gasteiger partial charge in [-0.25, -0.2) is 4.79 Å². The van der Waals surface area contributed by atoms with Gasteiger partial charge in [-0.1, -0.05) is 44.2 Å². The third-order valence-corrected chi connectivity index (χ3v) is 8.38. The van der Waals surface area contributed by atoms with Gasteiger partial charge in [0.15, 0.2) is 6.10 Å². The van der Waals surface area contributed by atoms with E-state index in [1.54, 1.807) is 26.8 Å². The van der Waals surface area contributed by atoms with Crippen LogP contribution in [0.5, 0.6) is 0 Å². The number of allylic oxidation sites excluding steroid dienone is 4. The zero-order chi connectivity index (χ0) is 37.3. The Labute approximate surface area is 288 Å². The van der Waals surface area contributed by atoms with E-state index in [0.717, 1.165) is 18.3 Å². The first kappa shape index (κ1) is 39.8. The first-order valence-electron chi connectivity index (χ1n) is 15.8. The number of alkyl halides is 3. The summed E-state index contributed by atoms with van der Waals surface area (Å²) in [6, 6.07) is 2.03. The molecule has 0 saturated heterocycles. The fourth-order valence-corrected chi connectivity index (χ4v) is 5.67. The van der Waals surface area contributed by atoms with E-state index < -0.39 is 65.8 Å². The van der Waals surface area contributed by atoms with Crippen LogP contribution in [0.25, 0.3) is 0 Å². The third-order valence-electron chi connectivity index (χ3n) is 8.38. The molecule has 272 valence electrons. The number of nitrogens with zero attached hydrogens (tertiary/aromatic N) is 1. The largest absolute Gasteiger partial charge is 0.439 e. The zero-order valence-corrected chi connectivity index (χ0v) is 28.7. The number of aliphatic hydroxyl groups excluding tert-OH is 1. The molecule has 0 fully saturated rings. The van der Waals surface area contributed by atoms with Gasteiger partial charge in [-0.15, -0.1) is 0 Å². The summed E-state index contributed by atoms with van der Waals surface area (Å²) in [4.78, 5) is 55.6. The highest BCUT2D eigenvalue weighted by Crippen LogP contribution is 2.30. The van der Waals surface area contributed by atoms with E-state index >= 15 is 0 Å². The summed E-state index contributed by atoms with van der Waals surface area (Å²) < 4.78 is 55.5. The molecule has 15 heteroatoms. The SMILES string of the molecule is CO[C@H]1/C=C\C=C(/C)C(=O)NC2=CC(=O)C(NCc3ccc(C(F)(F)F)nc3)=C(C[C@@H](C)C[C@H](OC)[C@H](O)[C@@H](C)/C=C(\C)[C@@H]1OC(N)=O)C2=O. The van der Waals surface area contributed by atoms with E-state index in [1.165, 1.54) is 45.4 Å². The van der Waals surface area contributed by atoms with Gasteiger partial charge >= 0.3 is 12.3 Å². The summed E-state index contributed by atoms with van der Waals surface area (Å²) >= 11 is 0. The number of hydrogen-bond acceptors (Lipinski definition) is 10. The van der Waals surface area contributed by atoms with E-state index in [9.17, 15) is 37.5 Å². The first-order valence-corrected chi connectivity index (χ1v) is 15.8. The van der Waals surface area contributed by atoms with Gasteiger partial charge in [-0.05, 0) is 49.8 Å². The number of ether oxygens (including phenoxy) is 3. The van der Waals surface area contributed by atoms with Crippen molar-refractivity contribution in [1.29, 1.82) is 0 Å². The average Bonchev–Trinajstić information content (AvgIpc) is 3.05. The van der Waals surface area contributed by atoms with Gasteiger partial charge in [0.05, 0.1) is 23.6 Å². The van der Waals surface area contributed by atoms with Crippen LogP contribution in [0.15, 0.2) is 76.8 Å². The van der Waals surface area contributed by atoms with Crippen LogP contribution in [0.3, 0.4) is 0 Å². The molecule has 1 aromatic rings. The van der Waals surface area contributed by atoms with Crippen molar-refractivity contribution >= 4 is 23.6 Å². The molecule has 2 bridgehead atoms. The number of Topliss-reactive ketones (excluding diaryl/α,β-unsaturated/α-hetero) is 1. The van der Waals surface area contributed by atoms with Gasteiger partial charge in [0.25, 0.3) is 5.91 Å². The van der Waals surface area contributed by atoms with E-state index in [2.05, 4.69) is 15.6 Å². The monoisotopic (exact) mass is 704 g/mol. The molecule has 2 amide bonds. The topological polar surface area (TPSA) is 179 Å². The molecular formula is C35H43F3N4O8. The minimum Gasteiger partial charge on any atom is -0.439 e. The number of aromatic nitrogens is 1. The number of hydrogen-bond donors (Lipinski definition) is 4. The highest BCUT2D eigenvalue weighted by atomic mass is 19.4. The molecule has 0 unspecified atom stereocenters. The maximum atomic E-state index is 13.8. The number of ketones is 2. The number of pyridine rings is 1. The fraction of sp³-hybridized carbons (Fsp3) is 0.457. The molecule has 2 aliphatic rings. The summed E-state index contributed by atoms with van der Waals surface area (Å²) in [5, 5.41) is 16.7. The van der Waals surface area contributed by atoms with Crippen molar-refractivity contribution in [1.82, 2.24) is 15.6 Å². The molecule has 12 nitrogen and oxygen atoms in total. The van der Waals surface area contributed by atoms with Crippen molar-refractivity contribution < 1.29 is 51.7 Å². The highest BCUT2D eigenvalue weighted by molar-refractivity contribution is 6.23. The Kier molecular flexibility index (Phi) is 13.8. The summed E-state index contributed by atoms with van der Waals surface area (Å²) in [6.07, 6.45) is -0.858. The van der Waals surface area contributed by atoms with Crippen molar-refractivity contribution in [3.63, 3.8) is 0 Å². The predicted molar refractivity (Wildman–Crippen MR) is 176 cm³/mol. The Bertz CT molecular complexity index is 1600. The van der Waals surface area contributed by atoms with Crippen molar-refractivity contribution in [2.45, 2.75) is 77.7 Å². The Morgan fingerprint density at radius 3 is 2.42 bits per heavy atom. The number of nitrogens with one attached hydrogen (secondary N) is 2. The van der Waals surface area contributed by atoms with Crippen LogP contribution in [0.2, 0.25) is 0 Å². The zero-order valence-electron chi connectivity index (χ0n) is 28.7. The van der Waals surface area contributed by atoms with Gasteiger partial charge in [-0.3, -0.25) is 19.4 Å². The van der Waals surface area contributed by atoms with E-state index in [-0.39, 0.29) is 47.8 Å². The van der Waals surface area contributed by atoms with E-state index in [4.69, 9.17) is 19.9 Å². The van der Waals surface area contributed by atoms with Crippen molar-refractivity contribution in [3.05, 3.63) is 88.1 Å². The normalized spacial score (nSPS) is 28.8. The minimum absolute atomic E-state index is 0.0167. The number of fused-ring (bicyclic) bond motifs is 2. The lowest BCUT2D eigenvalue weighted by Gasteiger charge is -2.30. The Hall–Kier alpha value is -4.60. The standard InChI is InChI=1S/C35H43F3N4O8/c1-18-12-23-29(41-17-22-10-11-28(40-16-22)35(36,37)38)25(43)15-24(31(23)45)42-33(46)19(2)8-7-9-26(48-5)32(50-34(39)47)21(4)14-20(3)30(44)27(13-18)49-6/h7-11,14-16,18,20,26-27,30,32,41,44H,12-13,17H2,1-6H3,(H2,39,47)(H,42,46)/b9-7-,19-8+,21-14+/t18-,20+,26+,27+,30-,32+/m1/s1. The second kappa shape index (κ2) is 17.4. The number of halogens is 3. The Morgan fingerprint density at radius 1 is 1.14 bits per heavy atom. The van der Waals surface area contributed by atoms with Gasteiger partial charge in [0, 0.05) is 50.1 Å². The number of amides is 2. The molecule has 5 N–H and O–H groups in total.